The van der Waals surface area contributed by atoms with Crippen molar-refractivity contribution in [2.24, 2.45) is 5.92 Å². The number of carbonyl (C=O) groups excluding carboxylic acids is 2. The molecule has 2 aromatic rings. The Morgan fingerprint density at radius 2 is 2.00 bits per heavy atom. The maximum Gasteiger partial charge on any atom is 0.225 e. The molecular formula is C32H47FN4O5. The first-order valence-corrected chi connectivity index (χ1v) is 15.1. The number of nitrogens with zero attached hydrogens (tertiary/aromatic N) is 2. The highest BCUT2D eigenvalue weighted by Crippen LogP contribution is 2.20. The largest absolute Gasteiger partial charge is 0.493 e. The smallest absolute Gasteiger partial charge is 0.225 e. The Morgan fingerprint density at radius 1 is 1.19 bits per heavy atom. The monoisotopic (exact) mass is 586 g/mol. The zero-order chi connectivity index (χ0) is 30.3. The number of aromatic nitrogens is 1. The Kier molecular flexibility index (Phi) is 14.1. The summed E-state index contributed by atoms with van der Waals surface area (Å²) >= 11 is 0. The van der Waals surface area contributed by atoms with Gasteiger partial charge in [-0.05, 0) is 67.3 Å². The molecule has 10 heteroatoms. The van der Waals surface area contributed by atoms with Crippen molar-refractivity contribution in [3.63, 3.8) is 0 Å². The molecule has 0 spiro atoms. The van der Waals surface area contributed by atoms with E-state index in [1.165, 1.54) is 19.2 Å². The summed E-state index contributed by atoms with van der Waals surface area (Å²) in [5, 5.41) is 17.5. The topological polar surface area (TPSA) is 113 Å². The fraction of sp³-hybridized carbons (Fsp3) is 0.594. The molecule has 232 valence electrons. The highest BCUT2D eigenvalue weighted by Gasteiger charge is 2.28. The van der Waals surface area contributed by atoms with Gasteiger partial charge in [-0.3, -0.25) is 14.6 Å². The molecule has 3 rings (SSSR count). The molecule has 3 N–H and O–H groups in total. The summed E-state index contributed by atoms with van der Waals surface area (Å²) in [6.07, 6.45) is 6.57. The van der Waals surface area contributed by atoms with Crippen molar-refractivity contribution in [3.8, 4) is 5.75 Å². The van der Waals surface area contributed by atoms with Gasteiger partial charge < -0.3 is 30.1 Å². The van der Waals surface area contributed by atoms with Crippen LogP contribution in [0.5, 0.6) is 5.75 Å². The molecule has 0 fully saturated rings. The van der Waals surface area contributed by atoms with Crippen molar-refractivity contribution in [2.45, 2.75) is 77.5 Å². The van der Waals surface area contributed by atoms with Gasteiger partial charge in [0, 0.05) is 58.2 Å². The molecule has 0 radical (unpaired) electrons. The van der Waals surface area contributed by atoms with Crippen LogP contribution in [0.2, 0.25) is 0 Å². The molecule has 2 heterocycles. The number of fused-ring (bicyclic) bond motifs is 2. The third kappa shape index (κ3) is 11.0. The molecule has 0 saturated carbocycles. The predicted octanol–water partition coefficient (Wildman–Crippen LogP) is 3.42. The van der Waals surface area contributed by atoms with Crippen molar-refractivity contribution in [1.29, 1.82) is 0 Å². The first-order valence-electron chi connectivity index (χ1n) is 15.1. The van der Waals surface area contributed by atoms with Gasteiger partial charge in [0.15, 0.2) is 0 Å². The van der Waals surface area contributed by atoms with Crippen LogP contribution in [0, 0.1) is 11.7 Å². The van der Waals surface area contributed by atoms with Gasteiger partial charge in [-0.15, -0.1) is 0 Å². The number of amides is 2. The number of hydrogen-bond acceptors (Lipinski definition) is 7. The van der Waals surface area contributed by atoms with Gasteiger partial charge >= 0.3 is 0 Å². The second kappa shape index (κ2) is 17.8. The molecule has 3 atom stereocenters. The summed E-state index contributed by atoms with van der Waals surface area (Å²) in [6, 6.07) is 5.83. The van der Waals surface area contributed by atoms with Crippen LogP contribution >= 0.6 is 0 Å². The number of ether oxygens (including phenoxy) is 2. The maximum atomic E-state index is 14.6. The van der Waals surface area contributed by atoms with Crippen molar-refractivity contribution in [3.05, 3.63) is 59.2 Å². The van der Waals surface area contributed by atoms with Gasteiger partial charge in [0.05, 0.1) is 31.3 Å². The highest BCUT2D eigenvalue weighted by atomic mass is 19.1. The summed E-state index contributed by atoms with van der Waals surface area (Å²) in [4.78, 5) is 32.6. The minimum Gasteiger partial charge on any atom is -0.493 e. The number of rotatable bonds is 10. The highest BCUT2D eigenvalue weighted by molar-refractivity contribution is 5.81. The van der Waals surface area contributed by atoms with Gasteiger partial charge in [-0.2, -0.15) is 0 Å². The molecule has 2 bridgehead atoms. The zero-order valence-corrected chi connectivity index (χ0v) is 25.2. The van der Waals surface area contributed by atoms with E-state index in [-0.39, 0.29) is 37.8 Å². The van der Waals surface area contributed by atoms with Crippen LogP contribution in [-0.4, -0.2) is 78.9 Å². The summed E-state index contributed by atoms with van der Waals surface area (Å²) in [5.41, 5.74) is 2.72. The number of benzene rings is 1. The quantitative estimate of drug-likeness (QED) is 0.391. The summed E-state index contributed by atoms with van der Waals surface area (Å²) < 4.78 is 25.8. The van der Waals surface area contributed by atoms with Crippen LogP contribution in [0.15, 0.2) is 36.7 Å². The van der Waals surface area contributed by atoms with Crippen molar-refractivity contribution in [1.82, 2.24) is 20.5 Å². The molecule has 0 saturated heterocycles. The number of aliphatic hydroxyl groups excluding tert-OH is 1. The number of aryl methyl sites for hydroxylation is 1. The fourth-order valence-corrected chi connectivity index (χ4v) is 5.17. The number of aliphatic hydroxyl groups is 1. The lowest BCUT2D eigenvalue weighted by atomic mass is 9.97. The number of nitrogens with one attached hydrogen (secondary N) is 2. The molecule has 1 aromatic carbocycles. The van der Waals surface area contributed by atoms with E-state index < -0.39 is 23.9 Å². The standard InChI is InChI=1S/C32H47FN4O5/c1-4-10-37-11-6-7-12-42-28-15-24(14-27(33)17-28)16-29(36-32(40)26(22-41-3)8-9-31(37)39)30(38)21-35-20-25-13-23(5-2)18-34-19-25/h13-15,17-19,26,29-30,35,38H,4-12,16,20-22H2,1-3H3,(H,36,40)/t26?,29-,30+/m0/s1. The van der Waals surface area contributed by atoms with E-state index in [0.29, 0.717) is 44.0 Å². The van der Waals surface area contributed by atoms with E-state index in [4.69, 9.17) is 9.47 Å². The molecule has 42 heavy (non-hydrogen) atoms. The minimum absolute atomic E-state index is 0.00660. The fourth-order valence-electron chi connectivity index (χ4n) is 5.17. The number of carbonyl (C=O) groups is 2. The third-order valence-corrected chi connectivity index (χ3v) is 7.50. The lowest BCUT2D eigenvalue weighted by Crippen LogP contribution is -2.50. The van der Waals surface area contributed by atoms with Crippen LogP contribution in [0.25, 0.3) is 0 Å². The van der Waals surface area contributed by atoms with E-state index in [1.54, 1.807) is 12.3 Å². The van der Waals surface area contributed by atoms with Crippen molar-refractivity contribution < 1.29 is 28.6 Å². The van der Waals surface area contributed by atoms with E-state index >= 15 is 0 Å². The average molecular weight is 587 g/mol. The molecule has 2 amide bonds. The van der Waals surface area contributed by atoms with Gasteiger partial charge in [0.25, 0.3) is 0 Å². The van der Waals surface area contributed by atoms with E-state index in [9.17, 15) is 19.1 Å². The summed E-state index contributed by atoms with van der Waals surface area (Å²) in [7, 11) is 1.52. The van der Waals surface area contributed by atoms with E-state index in [1.807, 2.05) is 18.0 Å². The second-order valence-corrected chi connectivity index (χ2v) is 11.0. The van der Waals surface area contributed by atoms with Gasteiger partial charge in [-0.25, -0.2) is 4.39 Å². The lowest BCUT2D eigenvalue weighted by molar-refractivity contribution is -0.133. The predicted molar refractivity (Wildman–Crippen MR) is 160 cm³/mol. The van der Waals surface area contributed by atoms with Crippen LogP contribution in [0.4, 0.5) is 4.39 Å². The molecular weight excluding hydrogens is 539 g/mol. The minimum atomic E-state index is -0.976. The molecule has 1 aliphatic heterocycles. The molecule has 1 aromatic heterocycles. The Labute approximate surface area is 249 Å². The molecule has 9 nitrogen and oxygen atoms in total. The lowest BCUT2D eigenvalue weighted by Gasteiger charge is -2.27. The van der Waals surface area contributed by atoms with E-state index in [0.717, 1.165) is 36.8 Å². The zero-order valence-electron chi connectivity index (χ0n) is 25.2. The first kappa shape index (κ1) is 33.4. The maximum absolute atomic E-state index is 14.6. The number of halogens is 1. The second-order valence-electron chi connectivity index (χ2n) is 11.0. The van der Waals surface area contributed by atoms with Crippen molar-refractivity contribution >= 4 is 11.8 Å². The molecule has 1 aliphatic rings. The van der Waals surface area contributed by atoms with Gasteiger partial charge in [0.2, 0.25) is 11.8 Å². The van der Waals surface area contributed by atoms with E-state index in [2.05, 4.69) is 28.6 Å². The molecule has 0 aliphatic carbocycles. The van der Waals surface area contributed by atoms with Gasteiger partial charge in [0.1, 0.15) is 11.6 Å². The van der Waals surface area contributed by atoms with Gasteiger partial charge in [-0.1, -0.05) is 19.9 Å². The Balaban J connectivity index is 1.80. The van der Waals surface area contributed by atoms with Crippen LogP contribution in [0.1, 0.15) is 62.6 Å². The Bertz CT molecular complexity index is 1130. The number of pyridine rings is 1. The first-order chi connectivity index (χ1) is 20.3. The third-order valence-electron chi connectivity index (χ3n) is 7.50. The summed E-state index contributed by atoms with van der Waals surface area (Å²) in [6.45, 7) is 6.58. The number of methoxy groups -OCH3 is 1. The SMILES string of the molecule is CCCN1CCCCOc2cc(F)cc(c2)C[C@@H]([C@H](O)CNCc2cncc(CC)c2)NC(=O)C(COC)CCC1=O. The van der Waals surface area contributed by atoms with Crippen LogP contribution < -0.4 is 15.4 Å². The van der Waals surface area contributed by atoms with Crippen LogP contribution in [-0.2, 0) is 33.7 Å². The van der Waals surface area contributed by atoms with Crippen LogP contribution in [0.3, 0.4) is 0 Å². The normalized spacial score (nSPS) is 20.0. The Morgan fingerprint density at radius 3 is 2.76 bits per heavy atom. The number of hydrogen-bond donors (Lipinski definition) is 3. The van der Waals surface area contributed by atoms with Crippen molar-refractivity contribution in [2.75, 3.05) is 40.0 Å². The average Bonchev–Trinajstić information content (AvgIpc) is 2.97. The summed E-state index contributed by atoms with van der Waals surface area (Å²) in [5.74, 6) is -0.928. The molecule has 1 unspecified atom stereocenters. The Hall–Kier alpha value is -3.08.